The first-order valence-corrected chi connectivity index (χ1v) is 8.61. The van der Waals surface area contributed by atoms with E-state index in [1.165, 1.54) is 44.9 Å². The van der Waals surface area contributed by atoms with Crippen molar-refractivity contribution >= 4 is 5.91 Å². The lowest BCUT2D eigenvalue weighted by atomic mass is 9.76. The maximum atomic E-state index is 12.6. The van der Waals surface area contributed by atoms with Gasteiger partial charge in [0.1, 0.15) is 0 Å². The summed E-state index contributed by atoms with van der Waals surface area (Å²) in [6.45, 7) is 4.38. The molecule has 0 aliphatic heterocycles. The zero-order valence-corrected chi connectivity index (χ0v) is 13.3. The molecule has 0 aromatic carbocycles. The number of amides is 1. The third kappa shape index (κ3) is 3.97. The van der Waals surface area contributed by atoms with Crippen molar-refractivity contribution in [3.05, 3.63) is 0 Å². The lowest BCUT2D eigenvalue weighted by Crippen LogP contribution is -2.58. The van der Waals surface area contributed by atoms with Crippen molar-refractivity contribution in [2.75, 3.05) is 0 Å². The van der Waals surface area contributed by atoms with Gasteiger partial charge in [0, 0.05) is 6.04 Å². The SMILES string of the molecule is CC1CCCC(N)(C(=O)N[C@@H](C)C2CCCCCC2)C1. The van der Waals surface area contributed by atoms with Gasteiger partial charge in [0.25, 0.3) is 0 Å². The molecule has 0 aromatic rings. The number of hydrogen-bond donors (Lipinski definition) is 2. The van der Waals surface area contributed by atoms with Crippen LogP contribution >= 0.6 is 0 Å². The van der Waals surface area contributed by atoms with Gasteiger partial charge < -0.3 is 11.1 Å². The van der Waals surface area contributed by atoms with Gasteiger partial charge in [-0.1, -0.05) is 45.4 Å². The summed E-state index contributed by atoms with van der Waals surface area (Å²) in [4.78, 5) is 12.6. The van der Waals surface area contributed by atoms with Gasteiger partial charge in [-0.15, -0.1) is 0 Å². The average molecular weight is 280 g/mol. The van der Waals surface area contributed by atoms with Crippen LogP contribution < -0.4 is 11.1 Å². The lowest BCUT2D eigenvalue weighted by Gasteiger charge is -2.37. The van der Waals surface area contributed by atoms with E-state index in [0.717, 1.165) is 19.3 Å². The Bertz CT molecular complexity index is 323. The molecule has 2 saturated carbocycles. The second-order valence-corrected chi connectivity index (χ2v) is 7.37. The van der Waals surface area contributed by atoms with Crippen LogP contribution in [-0.2, 0) is 4.79 Å². The monoisotopic (exact) mass is 280 g/mol. The van der Waals surface area contributed by atoms with Gasteiger partial charge in [-0.3, -0.25) is 4.79 Å². The molecule has 20 heavy (non-hydrogen) atoms. The Morgan fingerprint density at radius 1 is 1.15 bits per heavy atom. The topological polar surface area (TPSA) is 55.1 Å². The van der Waals surface area contributed by atoms with Crippen LogP contribution in [0.5, 0.6) is 0 Å². The van der Waals surface area contributed by atoms with Gasteiger partial charge in [-0.05, 0) is 44.4 Å². The first-order chi connectivity index (χ1) is 9.51. The largest absolute Gasteiger partial charge is 0.352 e. The molecule has 2 aliphatic carbocycles. The first kappa shape index (κ1) is 15.8. The van der Waals surface area contributed by atoms with Gasteiger partial charge >= 0.3 is 0 Å². The van der Waals surface area contributed by atoms with Crippen LogP contribution in [-0.4, -0.2) is 17.5 Å². The van der Waals surface area contributed by atoms with E-state index in [0.29, 0.717) is 11.8 Å². The van der Waals surface area contributed by atoms with Crippen molar-refractivity contribution < 1.29 is 4.79 Å². The van der Waals surface area contributed by atoms with Crippen LogP contribution in [0.4, 0.5) is 0 Å². The van der Waals surface area contributed by atoms with E-state index in [9.17, 15) is 4.79 Å². The molecule has 3 N–H and O–H groups in total. The second kappa shape index (κ2) is 6.93. The molecule has 2 aliphatic rings. The fraction of sp³-hybridized carbons (Fsp3) is 0.941. The van der Waals surface area contributed by atoms with E-state index in [-0.39, 0.29) is 11.9 Å². The highest BCUT2D eigenvalue weighted by atomic mass is 16.2. The van der Waals surface area contributed by atoms with Crippen molar-refractivity contribution in [1.29, 1.82) is 0 Å². The second-order valence-electron chi connectivity index (χ2n) is 7.37. The van der Waals surface area contributed by atoms with E-state index in [2.05, 4.69) is 19.2 Å². The third-order valence-electron chi connectivity index (χ3n) is 5.45. The maximum Gasteiger partial charge on any atom is 0.240 e. The summed E-state index contributed by atoms with van der Waals surface area (Å²) in [6.07, 6.45) is 11.9. The fourth-order valence-electron chi connectivity index (χ4n) is 4.08. The molecule has 3 atom stereocenters. The van der Waals surface area contributed by atoms with Gasteiger partial charge in [0.2, 0.25) is 5.91 Å². The molecule has 0 bridgehead atoms. The van der Waals surface area contributed by atoms with Gasteiger partial charge in [0.05, 0.1) is 5.54 Å². The Labute approximate surface area is 124 Å². The molecule has 2 unspecified atom stereocenters. The Morgan fingerprint density at radius 2 is 1.80 bits per heavy atom. The third-order valence-corrected chi connectivity index (χ3v) is 5.45. The number of rotatable bonds is 3. The quantitative estimate of drug-likeness (QED) is 0.779. The molecule has 3 heteroatoms. The molecular weight excluding hydrogens is 248 g/mol. The molecule has 0 aromatic heterocycles. The van der Waals surface area contributed by atoms with Crippen LogP contribution in [0, 0.1) is 11.8 Å². The zero-order chi connectivity index (χ0) is 14.6. The Balaban J connectivity index is 1.89. The Kier molecular flexibility index (Phi) is 5.48. The molecule has 1 amide bonds. The summed E-state index contributed by atoms with van der Waals surface area (Å²) >= 11 is 0. The fourth-order valence-corrected chi connectivity index (χ4v) is 4.08. The van der Waals surface area contributed by atoms with Crippen LogP contribution in [0.1, 0.15) is 78.1 Å². The standard InChI is InChI=1S/C17H32N2O/c1-13-8-7-11-17(18,12-13)16(20)19-14(2)15-9-5-3-4-6-10-15/h13-15H,3-12,18H2,1-2H3,(H,19,20)/t13?,14-,17?/m0/s1. The highest BCUT2D eigenvalue weighted by molar-refractivity contribution is 5.86. The minimum atomic E-state index is -0.614. The molecule has 2 rings (SSSR count). The average Bonchev–Trinajstić information content (AvgIpc) is 2.67. The summed E-state index contributed by atoms with van der Waals surface area (Å²) in [6, 6.07) is 0.276. The summed E-state index contributed by atoms with van der Waals surface area (Å²) in [5, 5.41) is 3.24. The maximum absolute atomic E-state index is 12.6. The van der Waals surface area contributed by atoms with E-state index >= 15 is 0 Å². The highest BCUT2D eigenvalue weighted by Crippen LogP contribution is 2.31. The molecule has 0 saturated heterocycles. The zero-order valence-electron chi connectivity index (χ0n) is 13.3. The molecule has 2 fully saturated rings. The van der Waals surface area contributed by atoms with Crippen molar-refractivity contribution in [2.24, 2.45) is 17.6 Å². The predicted octanol–water partition coefficient (Wildman–Crippen LogP) is 3.37. The van der Waals surface area contributed by atoms with Gasteiger partial charge in [-0.2, -0.15) is 0 Å². The molecule has 0 radical (unpaired) electrons. The number of nitrogens with two attached hydrogens (primary N) is 1. The summed E-state index contributed by atoms with van der Waals surface area (Å²) in [5.41, 5.74) is 5.78. The van der Waals surface area contributed by atoms with Crippen LogP contribution in [0.15, 0.2) is 0 Å². The predicted molar refractivity (Wildman–Crippen MR) is 83.3 cm³/mol. The molecular formula is C17H32N2O. The van der Waals surface area contributed by atoms with Crippen molar-refractivity contribution in [3.63, 3.8) is 0 Å². The smallest absolute Gasteiger partial charge is 0.240 e. The number of hydrogen-bond acceptors (Lipinski definition) is 2. The normalized spacial score (nSPS) is 34.2. The highest BCUT2D eigenvalue weighted by Gasteiger charge is 2.38. The van der Waals surface area contributed by atoms with Crippen LogP contribution in [0.2, 0.25) is 0 Å². The lowest BCUT2D eigenvalue weighted by molar-refractivity contribution is -0.129. The summed E-state index contributed by atoms with van der Waals surface area (Å²) in [5.74, 6) is 1.32. The first-order valence-electron chi connectivity index (χ1n) is 8.61. The number of carbonyl (C=O) groups excluding carboxylic acids is 1. The Hall–Kier alpha value is -0.570. The van der Waals surface area contributed by atoms with Crippen molar-refractivity contribution in [2.45, 2.75) is 89.6 Å². The van der Waals surface area contributed by atoms with E-state index in [1.807, 2.05) is 0 Å². The van der Waals surface area contributed by atoms with Gasteiger partial charge in [-0.25, -0.2) is 0 Å². The molecule has 3 nitrogen and oxygen atoms in total. The van der Waals surface area contributed by atoms with E-state index < -0.39 is 5.54 Å². The van der Waals surface area contributed by atoms with Crippen LogP contribution in [0.3, 0.4) is 0 Å². The van der Waals surface area contributed by atoms with Crippen LogP contribution in [0.25, 0.3) is 0 Å². The Morgan fingerprint density at radius 3 is 2.40 bits per heavy atom. The number of nitrogens with one attached hydrogen (secondary N) is 1. The minimum Gasteiger partial charge on any atom is -0.352 e. The molecule has 116 valence electrons. The van der Waals surface area contributed by atoms with E-state index in [1.54, 1.807) is 0 Å². The minimum absolute atomic E-state index is 0.0980. The number of carbonyl (C=O) groups is 1. The summed E-state index contributed by atoms with van der Waals surface area (Å²) < 4.78 is 0. The van der Waals surface area contributed by atoms with Gasteiger partial charge in [0.15, 0.2) is 0 Å². The van der Waals surface area contributed by atoms with E-state index in [4.69, 9.17) is 5.73 Å². The molecule has 0 spiro atoms. The van der Waals surface area contributed by atoms with Crippen molar-refractivity contribution in [1.82, 2.24) is 5.32 Å². The van der Waals surface area contributed by atoms with Crippen molar-refractivity contribution in [3.8, 4) is 0 Å². The summed E-state index contributed by atoms with van der Waals surface area (Å²) in [7, 11) is 0. The molecule has 0 heterocycles.